The molecule has 0 radical (unpaired) electrons. The normalized spacial score (nSPS) is 11.9. The molecule has 0 aliphatic heterocycles. The minimum atomic E-state index is -5.02. The highest BCUT2D eigenvalue weighted by Gasteiger charge is 2.18. The molecule has 0 heterocycles. The van der Waals surface area contributed by atoms with E-state index in [4.69, 9.17) is 0 Å². The Bertz CT molecular complexity index is 413. The quantitative estimate of drug-likeness (QED) is 0.466. The van der Waals surface area contributed by atoms with E-state index in [1.807, 2.05) is 32.9 Å². The maximum atomic E-state index is 11.9. The molecule has 0 aliphatic carbocycles. The predicted octanol–water partition coefficient (Wildman–Crippen LogP) is 3.72. The molecule has 0 spiro atoms. The molecule has 4 heteroatoms. The lowest BCUT2D eigenvalue weighted by molar-refractivity contribution is 0.504. The van der Waals surface area contributed by atoms with Gasteiger partial charge >= 0.3 is 6.98 Å². The summed E-state index contributed by atoms with van der Waals surface area (Å²) in [5.74, 6) is 3.42. The van der Waals surface area contributed by atoms with Gasteiger partial charge in [-0.3, -0.25) is 0 Å². The van der Waals surface area contributed by atoms with Gasteiger partial charge in [-0.25, -0.2) is 0 Å². The Kier molecular flexibility index (Phi) is 3.37. The van der Waals surface area contributed by atoms with E-state index in [0.717, 1.165) is 5.56 Å². The van der Waals surface area contributed by atoms with Crippen molar-refractivity contribution in [2.45, 2.75) is 26.2 Å². The number of benzene rings is 1. The Morgan fingerprint density at radius 2 is 1.50 bits per heavy atom. The van der Waals surface area contributed by atoms with Crippen LogP contribution in [0.5, 0.6) is 0 Å². The van der Waals surface area contributed by atoms with Crippen molar-refractivity contribution in [1.82, 2.24) is 0 Å². The molecule has 0 saturated carbocycles. The highest BCUT2D eigenvalue weighted by molar-refractivity contribution is 6.67. The summed E-state index contributed by atoms with van der Waals surface area (Å²) in [7, 11) is 0. The highest BCUT2D eigenvalue weighted by atomic mass is 19.4. The van der Waals surface area contributed by atoms with E-state index < -0.39 is 6.98 Å². The van der Waals surface area contributed by atoms with Gasteiger partial charge in [0.2, 0.25) is 0 Å². The molecule has 0 fully saturated rings. The molecule has 0 aromatic heterocycles. The van der Waals surface area contributed by atoms with Crippen molar-refractivity contribution < 1.29 is 12.9 Å². The van der Waals surface area contributed by atoms with E-state index in [0.29, 0.717) is 5.56 Å². The third-order valence-corrected chi connectivity index (χ3v) is 2.13. The van der Waals surface area contributed by atoms with Crippen molar-refractivity contribution in [3.8, 4) is 11.7 Å². The van der Waals surface area contributed by atoms with Crippen LogP contribution >= 0.6 is 0 Å². The Morgan fingerprint density at radius 3 is 1.88 bits per heavy atom. The van der Waals surface area contributed by atoms with Gasteiger partial charge in [0.05, 0.1) is 0 Å². The summed E-state index contributed by atoms with van der Waals surface area (Å²) in [5, 5.41) is 0. The van der Waals surface area contributed by atoms with E-state index in [9.17, 15) is 12.9 Å². The van der Waals surface area contributed by atoms with Gasteiger partial charge in [-0.05, 0) is 23.1 Å². The molecule has 0 N–H and O–H groups in total. The first-order valence-electron chi connectivity index (χ1n) is 5.01. The van der Waals surface area contributed by atoms with Crippen molar-refractivity contribution in [2.24, 2.45) is 0 Å². The first kappa shape index (κ1) is 12.7. The van der Waals surface area contributed by atoms with Crippen LogP contribution in [0.15, 0.2) is 24.3 Å². The lowest BCUT2D eigenvalue weighted by Gasteiger charge is -2.18. The fourth-order valence-electron chi connectivity index (χ4n) is 1.22. The number of halogens is 3. The summed E-state index contributed by atoms with van der Waals surface area (Å²) in [6.07, 6.45) is 0. The molecule has 1 aromatic carbocycles. The maximum Gasteiger partial charge on any atom is 0.558 e. The zero-order chi connectivity index (χ0) is 12.4. The molecule has 1 aromatic rings. The average molecular weight is 225 g/mol. The topological polar surface area (TPSA) is 0 Å². The maximum absolute atomic E-state index is 11.9. The average Bonchev–Trinajstić information content (AvgIpc) is 2.13. The fraction of sp³-hybridized carbons (Fsp3) is 0.333. The van der Waals surface area contributed by atoms with Gasteiger partial charge in [0, 0.05) is 5.56 Å². The van der Waals surface area contributed by atoms with Crippen LogP contribution in [0.2, 0.25) is 0 Å². The Labute approximate surface area is 93.9 Å². The molecule has 0 amide bonds. The fourth-order valence-corrected chi connectivity index (χ4v) is 1.22. The molecule has 1 rings (SSSR count). The van der Waals surface area contributed by atoms with Crippen LogP contribution in [-0.2, 0) is 5.41 Å². The molecule has 86 valence electrons. The van der Waals surface area contributed by atoms with Gasteiger partial charge in [0.15, 0.2) is 0 Å². The second-order valence-electron chi connectivity index (χ2n) is 4.67. The Morgan fingerprint density at radius 1 is 1.00 bits per heavy atom. The summed E-state index contributed by atoms with van der Waals surface area (Å²) < 4.78 is 35.7. The lowest BCUT2D eigenvalue weighted by atomic mass is 9.86. The molecule has 0 saturated heterocycles. The van der Waals surface area contributed by atoms with Gasteiger partial charge in [-0.1, -0.05) is 32.9 Å². The number of rotatable bonds is 0. The van der Waals surface area contributed by atoms with Crippen LogP contribution in [0.25, 0.3) is 0 Å². The van der Waals surface area contributed by atoms with Gasteiger partial charge in [-0.2, -0.15) is 5.82 Å². The van der Waals surface area contributed by atoms with Crippen molar-refractivity contribution in [3.63, 3.8) is 0 Å². The Hall–Kier alpha value is -1.37. The van der Waals surface area contributed by atoms with Crippen LogP contribution in [0.1, 0.15) is 31.9 Å². The second kappa shape index (κ2) is 4.25. The molecule has 0 unspecified atom stereocenters. The number of hydrogen-bond donors (Lipinski definition) is 0. The summed E-state index contributed by atoms with van der Waals surface area (Å²) in [5.41, 5.74) is 1.47. The minimum Gasteiger partial charge on any atom is -0.438 e. The molecular formula is C12H13BF3-. The van der Waals surface area contributed by atoms with Crippen molar-refractivity contribution in [1.29, 1.82) is 0 Å². The van der Waals surface area contributed by atoms with Gasteiger partial charge in [0.25, 0.3) is 0 Å². The van der Waals surface area contributed by atoms with E-state index in [-0.39, 0.29) is 5.41 Å². The minimum absolute atomic E-state index is 0.0000762. The van der Waals surface area contributed by atoms with Crippen molar-refractivity contribution >= 4 is 6.98 Å². The van der Waals surface area contributed by atoms with Crippen LogP contribution in [-0.4, -0.2) is 6.98 Å². The van der Waals surface area contributed by atoms with E-state index in [1.54, 1.807) is 12.1 Å². The molecular weight excluding hydrogens is 212 g/mol. The molecule has 16 heavy (non-hydrogen) atoms. The van der Waals surface area contributed by atoms with Crippen molar-refractivity contribution in [3.05, 3.63) is 35.4 Å². The third kappa shape index (κ3) is 4.02. The highest BCUT2D eigenvalue weighted by Crippen LogP contribution is 2.21. The van der Waals surface area contributed by atoms with Crippen LogP contribution in [0.3, 0.4) is 0 Å². The smallest absolute Gasteiger partial charge is 0.438 e. The first-order chi connectivity index (χ1) is 7.18. The standard InChI is InChI=1S/C12H13BF3/c1-12(2,3)11-6-4-10(5-7-11)8-9-13(14,15)16/h4-7H,1-3H3/q-1. The zero-order valence-corrected chi connectivity index (χ0v) is 9.52. The predicted molar refractivity (Wildman–Crippen MR) is 61.1 cm³/mol. The molecule has 0 nitrogen and oxygen atoms in total. The molecule has 0 aliphatic rings. The van der Waals surface area contributed by atoms with Crippen molar-refractivity contribution in [2.75, 3.05) is 0 Å². The monoisotopic (exact) mass is 225 g/mol. The summed E-state index contributed by atoms with van der Waals surface area (Å²) in [4.78, 5) is 0. The van der Waals surface area contributed by atoms with E-state index >= 15 is 0 Å². The van der Waals surface area contributed by atoms with E-state index in [2.05, 4.69) is 5.92 Å². The Balaban J connectivity index is 2.91. The van der Waals surface area contributed by atoms with Crippen LogP contribution < -0.4 is 0 Å². The summed E-state index contributed by atoms with van der Waals surface area (Å²) in [6, 6.07) is 6.87. The largest absolute Gasteiger partial charge is 0.558 e. The third-order valence-electron chi connectivity index (χ3n) is 2.13. The zero-order valence-electron chi connectivity index (χ0n) is 9.52. The lowest BCUT2D eigenvalue weighted by Crippen LogP contribution is -2.11. The van der Waals surface area contributed by atoms with E-state index in [1.165, 1.54) is 5.82 Å². The van der Waals surface area contributed by atoms with Crippen LogP contribution in [0.4, 0.5) is 12.9 Å². The second-order valence-corrected chi connectivity index (χ2v) is 4.67. The van der Waals surface area contributed by atoms with Crippen LogP contribution in [0, 0.1) is 11.7 Å². The van der Waals surface area contributed by atoms with Gasteiger partial charge in [-0.15, -0.1) is 5.92 Å². The van der Waals surface area contributed by atoms with Gasteiger partial charge < -0.3 is 12.9 Å². The first-order valence-corrected chi connectivity index (χ1v) is 5.01. The molecule has 0 atom stereocenters. The molecule has 0 bridgehead atoms. The number of hydrogen-bond acceptors (Lipinski definition) is 0. The summed E-state index contributed by atoms with van der Waals surface area (Å²) >= 11 is 0. The SMILES string of the molecule is CC(C)(C)c1ccc(C#C[B-](F)(F)F)cc1. The van der Waals surface area contributed by atoms with Gasteiger partial charge in [0.1, 0.15) is 0 Å². The summed E-state index contributed by atoms with van der Waals surface area (Å²) in [6.45, 7) is 1.12.